The van der Waals surface area contributed by atoms with Crippen LogP contribution in [-0.2, 0) is 15.8 Å². The first-order valence-electron chi connectivity index (χ1n) is 10.7. The molecule has 0 aromatic heterocycles. The molecule has 31 heavy (non-hydrogen) atoms. The van der Waals surface area contributed by atoms with E-state index in [-0.39, 0.29) is 4.92 Å². The van der Waals surface area contributed by atoms with Gasteiger partial charge in [0, 0.05) is 50.0 Å². The number of ether oxygens (including phenoxy) is 1. The summed E-state index contributed by atoms with van der Waals surface area (Å²) in [5, 5.41) is 20.2. The van der Waals surface area contributed by atoms with E-state index in [4.69, 9.17) is 4.74 Å². The molecule has 1 aromatic carbocycles. The van der Waals surface area contributed by atoms with Gasteiger partial charge in [-0.1, -0.05) is 0 Å². The number of carboxylic acids is 1. The third-order valence-corrected chi connectivity index (χ3v) is 7.71. The van der Waals surface area contributed by atoms with E-state index in [0.29, 0.717) is 42.6 Å². The van der Waals surface area contributed by atoms with Gasteiger partial charge in [0.25, 0.3) is 0 Å². The van der Waals surface area contributed by atoms with Crippen molar-refractivity contribution in [2.75, 3.05) is 26.2 Å². The highest BCUT2D eigenvalue weighted by Gasteiger charge is 2.34. The lowest BCUT2D eigenvalue weighted by molar-refractivity contribution is -0.526. The van der Waals surface area contributed by atoms with Crippen molar-refractivity contribution in [2.24, 2.45) is 0 Å². The van der Waals surface area contributed by atoms with Gasteiger partial charge in [-0.2, -0.15) is 0 Å². The third kappa shape index (κ3) is 5.61. The van der Waals surface area contributed by atoms with Crippen molar-refractivity contribution in [3.05, 3.63) is 33.9 Å². The Labute approximate surface area is 185 Å². The molecule has 0 spiro atoms. The van der Waals surface area contributed by atoms with Gasteiger partial charge in [0.05, 0.1) is 4.90 Å². The molecular formula is C21H31N3O6S. The highest BCUT2D eigenvalue weighted by atomic mass is 32.2. The zero-order valence-electron chi connectivity index (χ0n) is 18.3. The van der Waals surface area contributed by atoms with Gasteiger partial charge in [-0.15, -0.1) is 0 Å². The molecule has 0 amide bonds. The van der Waals surface area contributed by atoms with E-state index >= 15 is 0 Å². The summed E-state index contributed by atoms with van der Waals surface area (Å²) in [7, 11) is -1.31. The number of hydrogen-bond acceptors (Lipinski definition) is 6. The van der Waals surface area contributed by atoms with Crippen LogP contribution in [0.25, 0.3) is 0 Å². The Morgan fingerprint density at radius 1 is 1.19 bits per heavy atom. The summed E-state index contributed by atoms with van der Waals surface area (Å²) in [6.45, 7) is 7.73. The highest BCUT2D eigenvalue weighted by molar-refractivity contribution is 7.82. The van der Waals surface area contributed by atoms with Crippen LogP contribution in [-0.4, -0.2) is 73.3 Å². The van der Waals surface area contributed by atoms with Gasteiger partial charge in [-0.05, 0) is 57.4 Å². The molecule has 2 aliphatic rings. The summed E-state index contributed by atoms with van der Waals surface area (Å²) in [5.74, 6) is -0.590. The average molecular weight is 454 g/mol. The van der Waals surface area contributed by atoms with Crippen LogP contribution < -0.4 is 4.74 Å². The lowest BCUT2D eigenvalue weighted by atomic mass is 9.90. The Bertz CT molecular complexity index is 846. The van der Waals surface area contributed by atoms with Gasteiger partial charge in [-0.25, -0.2) is 13.3 Å². The van der Waals surface area contributed by atoms with Crippen molar-refractivity contribution in [1.29, 1.82) is 0 Å². The minimum absolute atomic E-state index is 0.155. The zero-order valence-corrected chi connectivity index (χ0v) is 19.1. The van der Waals surface area contributed by atoms with Crippen molar-refractivity contribution < 1.29 is 23.8 Å². The first kappa shape index (κ1) is 23.6. The highest BCUT2D eigenvalue weighted by Crippen LogP contribution is 2.28. The Kier molecular flexibility index (Phi) is 7.33. The number of carbonyl (C=O) groups is 1. The van der Waals surface area contributed by atoms with Gasteiger partial charge in [0.1, 0.15) is 16.7 Å². The van der Waals surface area contributed by atoms with Crippen LogP contribution in [0.5, 0.6) is 5.75 Å². The zero-order chi connectivity index (χ0) is 22.8. The molecule has 1 saturated carbocycles. The summed E-state index contributed by atoms with van der Waals surface area (Å²) in [4.78, 5) is 25.1. The van der Waals surface area contributed by atoms with Gasteiger partial charge < -0.3 is 9.84 Å². The van der Waals surface area contributed by atoms with Crippen LogP contribution in [0.2, 0.25) is 0 Å². The molecule has 172 valence electrons. The molecule has 1 aliphatic heterocycles. The second kappa shape index (κ2) is 9.62. The minimum atomic E-state index is -1.35. The van der Waals surface area contributed by atoms with E-state index in [1.165, 1.54) is 13.8 Å². The van der Waals surface area contributed by atoms with Gasteiger partial charge in [0.15, 0.2) is 5.60 Å². The number of rotatable bonds is 7. The molecule has 1 atom stereocenters. The van der Waals surface area contributed by atoms with Gasteiger partial charge >= 0.3 is 5.97 Å². The lowest BCUT2D eigenvalue weighted by Crippen LogP contribution is -2.51. The van der Waals surface area contributed by atoms with Crippen LogP contribution in [0.4, 0.5) is 0 Å². The number of aliphatic carboxylic acids is 1. The summed E-state index contributed by atoms with van der Waals surface area (Å²) in [6, 6.07) is 5.16. The molecule has 1 N–H and O–H groups in total. The van der Waals surface area contributed by atoms with E-state index in [0.717, 1.165) is 31.5 Å². The Balaban J connectivity index is 1.55. The van der Waals surface area contributed by atoms with Crippen molar-refractivity contribution in [2.45, 2.75) is 69.0 Å². The van der Waals surface area contributed by atoms with Crippen molar-refractivity contribution in [3.63, 3.8) is 0 Å². The van der Waals surface area contributed by atoms with Crippen LogP contribution in [0.1, 0.15) is 45.1 Å². The second-order valence-electron chi connectivity index (χ2n) is 8.81. The van der Waals surface area contributed by atoms with Crippen molar-refractivity contribution >= 4 is 17.0 Å². The topological polar surface area (TPSA) is 113 Å². The predicted octanol–water partition coefficient (Wildman–Crippen LogP) is 2.47. The molecule has 3 rings (SSSR count). The molecule has 2 fully saturated rings. The van der Waals surface area contributed by atoms with Crippen LogP contribution >= 0.6 is 0 Å². The number of piperazine rings is 1. The van der Waals surface area contributed by atoms with Gasteiger partial charge in [-0.3, -0.25) is 15.0 Å². The van der Waals surface area contributed by atoms with E-state index in [1.807, 2.05) is 11.2 Å². The average Bonchev–Trinajstić information content (AvgIpc) is 2.74. The molecule has 0 radical (unpaired) electrons. The number of nitrogens with zero attached hydrogens (tertiary/aromatic N) is 3. The fraction of sp³-hybridized carbons (Fsp3) is 0.667. The van der Waals surface area contributed by atoms with Gasteiger partial charge in [0.2, 0.25) is 6.04 Å². The maximum atomic E-state index is 13.1. The monoisotopic (exact) mass is 453 g/mol. The van der Waals surface area contributed by atoms with E-state index in [1.54, 1.807) is 18.2 Å². The summed E-state index contributed by atoms with van der Waals surface area (Å²) < 4.78 is 20.6. The smallest absolute Gasteiger partial charge is 0.347 e. The fourth-order valence-electron chi connectivity index (χ4n) is 4.18. The number of aryl methyl sites for hydroxylation is 1. The maximum Gasteiger partial charge on any atom is 0.347 e. The number of benzene rings is 1. The summed E-state index contributed by atoms with van der Waals surface area (Å²) in [5.41, 5.74) is -0.609. The number of carboxylic acid groups (broad SMARTS) is 1. The summed E-state index contributed by atoms with van der Waals surface area (Å²) in [6.07, 6.45) is 2.97. The minimum Gasteiger partial charge on any atom is -0.478 e. The Morgan fingerprint density at radius 2 is 1.81 bits per heavy atom. The second-order valence-corrected chi connectivity index (χ2v) is 10.3. The standard InChI is InChI=1S/C21H31N3O6S/c1-15-14-18(8-9-19(15)30-21(2,3)20(25)26)31(29)23-12-10-22(11-13-23)16-4-6-17(7-5-16)24(27)28/h8-9,14,16-17H,4-7,10-13H2,1-3H3,(H,25,26). The lowest BCUT2D eigenvalue weighted by Gasteiger charge is -2.40. The Morgan fingerprint density at radius 3 is 2.32 bits per heavy atom. The fourth-order valence-corrected chi connectivity index (χ4v) is 5.44. The van der Waals surface area contributed by atoms with Crippen LogP contribution in [0, 0.1) is 17.0 Å². The molecule has 1 aromatic rings. The maximum absolute atomic E-state index is 13.1. The van der Waals surface area contributed by atoms with Crippen molar-refractivity contribution in [1.82, 2.24) is 9.21 Å². The molecular weight excluding hydrogens is 422 g/mol. The third-order valence-electron chi connectivity index (χ3n) is 6.22. The van der Waals surface area contributed by atoms with E-state index in [9.17, 15) is 24.2 Å². The summed E-state index contributed by atoms with van der Waals surface area (Å²) >= 11 is 0. The van der Waals surface area contributed by atoms with E-state index < -0.39 is 28.6 Å². The van der Waals surface area contributed by atoms with Crippen LogP contribution in [0.15, 0.2) is 23.1 Å². The van der Waals surface area contributed by atoms with Crippen molar-refractivity contribution in [3.8, 4) is 5.75 Å². The molecule has 1 heterocycles. The molecule has 1 unspecified atom stereocenters. The Hall–Kier alpha value is -2.04. The molecule has 10 heteroatoms. The first-order chi connectivity index (χ1) is 14.6. The SMILES string of the molecule is Cc1cc(S(=O)N2CCN(C3CCC([N+](=O)[O-])CC3)CC2)ccc1OC(C)(C)C(=O)O. The quantitative estimate of drug-likeness (QED) is 0.498. The molecule has 1 aliphatic carbocycles. The predicted molar refractivity (Wildman–Crippen MR) is 116 cm³/mol. The number of nitro groups is 1. The largest absolute Gasteiger partial charge is 0.478 e. The first-order valence-corrected chi connectivity index (χ1v) is 11.8. The molecule has 1 saturated heterocycles. The van der Waals surface area contributed by atoms with Crippen LogP contribution in [0.3, 0.4) is 0 Å². The molecule has 9 nitrogen and oxygen atoms in total. The number of hydrogen-bond donors (Lipinski definition) is 1. The normalized spacial score (nSPS) is 24.5. The molecule has 0 bridgehead atoms. The van der Waals surface area contributed by atoms with E-state index in [2.05, 4.69) is 4.90 Å².